The number of ether oxygens (including phenoxy) is 1. The van der Waals surface area contributed by atoms with Gasteiger partial charge in [-0.2, -0.15) is 5.26 Å². The van der Waals surface area contributed by atoms with Crippen LogP contribution in [0.5, 0.6) is 5.75 Å². The van der Waals surface area contributed by atoms with Crippen LogP contribution in [0.2, 0.25) is 5.02 Å². The number of hydrogen-bond donors (Lipinski definition) is 2. The van der Waals surface area contributed by atoms with Crippen LogP contribution in [0.25, 0.3) is 11.2 Å². The van der Waals surface area contributed by atoms with E-state index in [0.29, 0.717) is 40.6 Å². The third kappa shape index (κ3) is 4.03. The maximum Gasteiger partial charge on any atom is 0.173 e. The van der Waals surface area contributed by atoms with Gasteiger partial charge in [-0.1, -0.05) is 29.8 Å². The lowest BCUT2D eigenvalue weighted by Gasteiger charge is -2.08. The van der Waals surface area contributed by atoms with Gasteiger partial charge in [0.2, 0.25) is 0 Å². The number of rotatable bonds is 6. The Balaban J connectivity index is 1.67. The molecule has 2 heterocycles. The first kappa shape index (κ1) is 20.0. The quantitative estimate of drug-likeness (QED) is 0.472. The molecule has 0 saturated heterocycles. The molecule has 0 aliphatic heterocycles. The maximum atomic E-state index is 9.18. The second-order valence-corrected chi connectivity index (χ2v) is 7.89. The van der Waals surface area contributed by atoms with Crippen molar-refractivity contribution in [3.63, 3.8) is 0 Å². The van der Waals surface area contributed by atoms with Crippen molar-refractivity contribution in [1.82, 2.24) is 19.5 Å². The number of H-pyrrole nitrogens is 1. The number of hydrogen-bond acceptors (Lipinski definition) is 6. The van der Waals surface area contributed by atoms with E-state index in [1.807, 2.05) is 28.8 Å². The highest BCUT2D eigenvalue weighted by atomic mass is 35.5. The van der Waals surface area contributed by atoms with E-state index >= 15 is 0 Å². The Bertz CT molecular complexity index is 1320. The van der Waals surface area contributed by atoms with Crippen LogP contribution < -0.4 is 10.2 Å². The van der Waals surface area contributed by atoms with Crippen molar-refractivity contribution in [2.45, 2.75) is 23.0 Å². The van der Waals surface area contributed by atoms with Crippen molar-refractivity contribution in [2.24, 2.45) is 0 Å². The number of nitrogens with zero attached hydrogens (tertiary/aromatic N) is 4. The first-order chi connectivity index (χ1) is 14.6. The van der Waals surface area contributed by atoms with Gasteiger partial charge in [0.25, 0.3) is 0 Å². The zero-order valence-electron chi connectivity index (χ0n) is 16.0. The molecule has 0 unspecified atom stereocenters. The number of fused-ring (bicyclic) bond motifs is 1. The van der Waals surface area contributed by atoms with Gasteiger partial charge < -0.3 is 14.3 Å². The minimum atomic E-state index is 0.121. The van der Waals surface area contributed by atoms with Gasteiger partial charge in [-0.25, -0.2) is 9.97 Å². The summed E-state index contributed by atoms with van der Waals surface area (Å²) in [7, 11) is 1.58. The molecule has 9 heteroatoms. The lowest BCUT2D eigenvalue weighted by atomic mass is 10.1. The molecule has 2 N–H and O–H groups in total. The monoisotopic (exact) mass is 436 g/mol. The smallest absolute Gasteiger partial charge is 0.173 e. The molecule has 0 aliphatic carbocycles. The van der Waals surface area contributed by atoms with E-state index in [1.165, 1.54) is 11.8 Å². The minimum absolute atomic E-state index is 0.121. The summed E-state index contributed by atoms with van der Waals surface area (Å²) in [5, 5.41) is 18.6. The van der Waals surface area contributed by atoms with Crippen LogP contribution in [0.1, 0.15) is 11.1 Å². The molecule has 0 fully saturated rings. The van der Waals surface area contributed by atoms with Crippen LogP contribution in [-0.4, -0.2) is 26.6 Å². The van der Waals surface area contributed by atoms with Crippen LogP contribution >= 0.6 is 23.4 Å². The van der Waals surface area contributed by atoms with E-state index in [0.717, 1.165) is 15.5 Å². The predicted molar refractivity (Wildman–Crippen MR) is 115 cm³/mol. The number of nitrogens with one attached hydrogen (secondary N) is 2. The number of aryl methyl sites for hydroxylation is 2. The lowest BCUT2D eigenvalue weighted by Crippen LogP contribution is -2.13. The number of aromatic nitrogens is 4. The normalized spacial score (nSPS) is 10.8. The molecule has 2 aromatic carbocycles. The fraction of sp³-hybridized carbons (Fsp3) is 0.143. The van der Waals surface area contributed by atoms with Crippen molar-refractivity contribution in [1.29, 1.82) is 10.7 Å². The molecule has 0 atom stereocenters. The average Bonchev–Trinajstić information content (AvgIpc) is 3.19. The molecular weight excluding hydrogens is 420 g/mol. The van der Waals surface area contributed by atoms with Crippen LogP contribution in [-0.2, 0) is 13.0 Å². The van der Waals surface area contributed by atoms with E-state index in [2.05, 4.69) is 21.0 Å². The van der Waals surface area contributed by atoms with Gasteiger partial charge in [0, 0.05) is 11.6 Å². The lowest BCUT2D eigenvalue weighted by molar-refractivity contribution is 0.404. The van der Waals surface area contributed by atoms with Gasteiger partial charge in [-0.05, 0) is 48.0 Å². The van der Waals surface area contributed by atoms with Crippen LogP contribution in [0, 0.1) is 16.7 Å². The molecule has 0 radical (unpaired) electrons. The molecule has 0 amide bonds. The fourth-order valence-corrected chi connectivity index (χ4v) is 4.21. The highest BCUT2D eigenvalue weighted by Crippen LogP contribution is 2.34. The molecule has 0 aliphatic rings. The number of benzene rings is 2. The fourth-order valence-electron chi connectivity index (χ4n) is 3.05. The average molecular weight is 437 g/mol. The molecule has 0 spiro atoms. The third-order valence-corrected chi connectivity index (χ3v) is 5.87. The summed E-state index contributed by atoms with van der Waals surface area (Å²) in [6.45, 7) is 0.621. The Hall–Kier alpha value is -3.28. The second kappa shape index (κ2) is 8.61. The summed E-state index contributed by atoms with van der Waals surface area (Å²) in [4.78, 5) is 12.8. The molecule has 4 aromatic rings. The minimum Gasteiger partial charge on any atom is -0.496 e. The molecule has 2 aromatic heterocycles. The van der Waals surface area contributed by atoms with Gasteiger partial charge in [0.1, 0.15) is 11.3 Å². The molecule has 0 bridgehead atoms. The molecule has 4 rings (SSSR count). The molecule has 30 heavy (non-hydrogen) atoms. The van der Waals surface area contributed by atoms with Crippen LogP contribution in [0.15, 0.2) is 58.8 Å². The van der Waals surface area contributed by atoms with E-state index in [4.69, 9.17) is 21.7 Å². The predicted octanol–water partition coefficient (Wildman–Crippen LogP) is 4.17. The summed E-state index contributed by atoms with van der Waals surface area (Å²) in [5.41, 5.74) is 2.88. The maximum absolute atomic E-state index is 9.18. The van der Waals surface area contributed by atoms with Crippen LogP contribution in [0.4, 0.5) is 0 Å². The van der Waals surface area contributed by atoms with Crippen molar-refractivity contribution >= 4 is 34.5 Å². The first-order valence-corrected chi connectivity index (χ1v) is 10.3. The standard InChI is InChI=1S/C21H17ClN6OS/c1-29-16-7-6-13(11-23)10-17(16)30-21-26-18-19(24)25-12-28(20(18)27-21)9-8-14-4-2-3-5-15(14)22/h2-7,10,12,24H,8-9H2,1H3,(H,26,27). The highest BCUT2D eigenvalue weighted by molar-refractivity contribution is 7.99. The van der Waals surface area contributed by atoms with Gasteiger partial charge in [-0.3, -0.25) is 5.41 Å². The van der Waals surface area contributed by atoms with Gasteiger partial charge in [0.15, 0.2) is 16.3 Å². The Morgan fingerprint density at radius 1 is 1.30 bits per heavy atom. The Kier molecular flexibility index (Phi) is 5.74. The Morgan fingerprint density at radius 3 is 2.90 bits per heavy atom. The molecule has 150 valence electrons. The zero-order valence-corrected chi connectivity index (χ0v) is 17.6. The number of aromatic amines is 1. The second-order valence-electron chi connectivity index (χ2n) is 6.45. The van der Waals surface area contributed by atoms with Crippen molar-refractivity contribution in [2.75, 3.05) is 7.11 Å². The van der Waals surface area contributed by atoms with Crippen molar-refractivity contribution in [3.05, 3.63) is 70.4 Å². The largest absolute Gasteiger partial charge is 0.496 e. The van der Waals surface area contributed by atoms with E-state index in [-0.39, 0.29) is 5.49 Å². The SMILES string of the molecule is COc1ccc(C#N)cc1Sc1nc2c([nH]1)c(=N)ncn2CCc1ccccc1Cl. The van der Waals surface area contributed by atoms with E-state index < -0.39 is 0 Å². The Labute approximate surface area is 181 Å². The topological polar surface area (TPSA) is 103 Å². The molecule has 7 nitrogen and oxygen atoms in total. The number of imidazole rings is 1. The van der Waals surface area contributed by atoms with Gasteiger partial charge in [0.05, 0.1) is 30.0 Å². The van der Waals surface area contributed by atoms with E-state index in [1.54, 1.807) is 31.6 Å². The number of halogens is 1. The Morgan fingerprint density at radius 2 is 2.13 bits per heavy atom. The van der Waals surface area contributed by atoms with Crippen molar-refractivity contribution < 1.29 is 4.74 Å². The number of nitriles is 1. The zero-order chi connectivity index (χ0) is 21.1. The van der Waals surface area contributed by atoms with Gasteiger partial charge >= 0.3 is 0 Å². The van der Waals surface area contributed by atoms with Gasteiger partial charge in [-0.15, -0.1) is 0 Å². The molecular formula is C21H17ClN6OS. The number of methoxy groups -OCH3 is 1. The summed E-state index contributed by atoms with van der Waals surface area (Å²) in [6.07, 6.45) is 2.33. The molecule has 0 saturated carbocycles. The highest BCUT2D eigenvalue weighted by Gasteiger charge is 2.13. The summed E-state index contributed by atoms with van der Waals surface area (Å²) < 4.78 is 7.30. The van der Waals surface area contributed by atoms with E-state index in [9.17, 15) is 5.26 Å². The third-order valence-electron chi connectivity index (χ3n) is 4.58. The summed E-state index contributed by atoms with van der Waals surface area (Å²) in [6, 6.07) is 15.1. The summed E-state index contributed by atoms with van der Waals surface area (Å²) >= 11 is 7.61. The first-order valence-electron chi connectivity index (χ1n) is 9.08. The van der Waals surface area contributed by atoms with Crippen molar-refractivity contribution in [3.8, 4) is 11.8 Å². The van der Waals surface area contributed by atoms with Crippen LogP contribution in [0.3, 0.4) is 0 Å². The summed E-state index contributed by atoms with van der Waals surface area (Å²) in [5.74, 6) is 0.648.